The molecule has 0 aromatic heterocycles. The van der Waals surface area contributed by atoms with E-state index in [0.717, 1.165) is 12.8 Å². The van der Waals surface area contributed by atoms with Crippen molar-refractivity contribution in [2.24, 2.45) is 5.92 Å². The average Bonchev–Trinajstić information content (AvgIpc) is 2.17. The van der Waals surface area contributed by atoms with Gasteiger partial charge in [-0.05, 0) is 18.8 Å². The van der Waals surface area contributed by atoms with Crippen LogP contribution in [0, 0.1) is 18.3 Å². The van der Waals surface area contributed by atoms with E-state index in [9.17, 15) is 13.2 Å². The lowest BCUT2D eigenvalue weighted by Crippen LogP contribution is -2.41. The summed E-state index contributed by atoms with van der Waals surface area (Å²) in [5.74, 6) is 1.55. The molecule has 0 aromatic carbocycles. The fraction of sp³-hybridized carbons (Fsp3) is 0.727. The zero-order valence-corrected chi connectivity index (χ0v) is 10.3. The summed E-state index contributed by atoms with van der Waals surface area (Å²) in [6.45, 7) is 3.45. The molecule has 4 nitrogen and oxygen atoms in total. The van der Waals surface area contributed by atoms with Gasteiger partial charge in [0.15, 0.2) is 9.84 Å². The number of rotatable bonds is 3. The standard InChI is InChI=1S/C11H17NO3S/c1-3-8-16(14,15)9-11(13)12-6-4-10(2)5-7-12/h1,10H,4-9H2,2H3. The molecule has 90 valence electrons. The Morgan fingerprint density at radius 3 is 2.50 bits per heavy atom. The highest BCUT2D eigenvalue weighted by molar-refractivity contribution is 7.92. The summed E-state index contributed by atoms with van der Waals surface area (Å²) in [5, 5.41) is 0. The van der Waals surface area contributed by atoms with Crippen molar-refractivity contribution in [1.29, 1.82) is 0 Å². The molecular weight excluding hydrogens is 226 g/mol. The van der Waals surface area contributed by atoms with Crippen LogP contribution in [0.2, 0.25) is 0 Å². The maximum absolute atomic E-state index is 11.7. The third-order valence-electron chi connectivity index (χ3n) is 2.78. The van der Waals surface area contributed by atoms with Gasteiger partial charge in [-0.3, -0.25) is 4.79 Å². The number of hydrogen-bond acceptors (Lipinski definition) is 3. The quantitative estimate of drug-likeness (QED) is 0.670. The first-order chi connectivity index (χ1) is 7.44. The molecule has 0 aromatic rings. The van der Waals surface area contributed by atoms with Crippen LogP contribution in [-0.4, -0.2) is 43.8 Å². The molecule has 5 heteroatoms. The number of hydrogen-bond donors (Lipinski definition) is 0. The molecular formula is C11H17NO3S. The predicted octanol–water partition coefficient (Wildman–Crippen LogP) is 0.293. The maximum Gasteiger partial charge on any atom is 0.237 e. The number of carbonyl (C=O) groups excluding carboxylic acids is 1. The van der Waals surface area contributed by atoms with Gasteiger partial charge in [0.2, 0.25) is 5.91 Å². The van der Waals surface area contributed by atoms with Gasteiger partial charge in [0.05, 0.1) is 0 Å². The topological polar surface area (TPSA) is 54.5 Å². The number of amides is 1. The van der Waals surface area contributed by atoms with Crippen LogP contribution < -0.4 is 0 Å². The average molecular weight is 243 g/mol. The summed E-state index contributed by atoms with van der Waals surface area (Å²) in [4.78, 5) is 13.3. The lowest BCUT2D eigenvalue weighted by Gasteiger charge is -2.30. The van der Waals surface area contributed by atoms with E-state index in [1.807, 2.05) is 0 Å². The van der Waals surface area contributed by atoms with E-state index in [1.165, 1.54) is 0 Å². The minimum atomic E-state index is -3.42. The van der Waals surface area contributed by atoms with Crippen LogP contribution in [-0.2, 0) is 14.6 Å². The Hall–Kier alpha value is -1.02. The van der Waals surface area contributed by atoms with E-state index in [0.29, 0.717) is 19.0 Å². The highest BCUT2D eigenvalue weighted by atomic mass is 32.2. The molecule has 1 aliphatic heterocycles. The van der Waals surface area contributed by atoms with Crippen LogP contribution in [0.3, 0.4) is 0 Å². The van der Waals surface area contributed by atoms with Crippen molar-refractivity contribution in [2.75, 3.05) is 24.6 Å². The Kier molecular flexibility index (Phi) is 4.36. The molecule has 0 radical (unpaired) electrons. The van der Waals surface area contributed by atoms with Gasteiger partial charge in [-0.2, -0.15) is 0 Å². The highest BCUT2D eigenvalue weighted by Crippen LogP contribution is 2.16. The van der Waals surface area contributed by atoms with Crippen molar-refractivity contribution >= 4 is 15.7 Å². The van der Waals surface area contributed by atoms with Gasteiger partial charge >= 0.3 is 0 Å². The van der Waals surface area contributed by atoms with Crippen molar-refractivity contribution in [3.05, 3.63) is 0 Å². The van der Waals surface area contributed by atoms with E-state index in [-0.39, 0.29) is 11.7 Å². The number of piperidine rings is 1. The first-order valence-electron chi connectivity index (χ1n) is 5.36. The predicted molar refractivity (Wildman–Crippen MR) is 62.5 cm³/mol. The molecule has 1 heterocycles. The number of sulfone groups is 1. The first-order valence-corrected chi connectivity index (χ1v) is 7.18. The number of likely N-dealkylation sites (tertiary alicyclic amines) is 1. The van der Waals surface area contributed by atoms with Crippen LogP contribution >= 0.6 is 0 Å². The van der Waals surface area contributed by atoms with Gasteiger partial charge in [-0.25, -0.2) is 8.42 Å². The Labute approximate surface area is 96.9 Å². The minimum absolute atomic E-state index is 0.317. The van der Waals surface area contributed by atoms with Crippen LogP contribution in [0.5, 0.6) is 0 Å². The molecule has 16 heavy (non-hydrogen) atoms. The van der Waals surface area contributed by atoms with E-state index < -0.39 is 15.6 Å². The van der Waals surface area contributed by atoms with Crippen molar-refractivity contribution in [2.45, 2.75) is 19.8 Å². The third-order valence-corrected chi connectivity index (χ3v) is 4.08. The SMILES string of the molecule is C#CCS(=O)(=O)CC(=O)N1CCC(C)CC1. The summed E-state index contributed by atoms with van der Waals surface area (Å²) in [6, 6.07) is 0. The van der Waals surface area contributed by atoms with Crippen molar-refractivity contribution in [1.82, 2.24) is 4.90 Å². The molecule has 1 rings (SSSR count). The molecule has 1 fully saturated rings. The van der Waals surface area contributed by atoms with E-state index in [4.69, 9.17) is 6.42 Å². The maximum atomic E-state index is 11.7. The third kappa shape index (κ3) is 3.86. The zero-order chi connectivity index (χ0) is 12.2. The Morgan fingerprint density at radius 1 is 1.44 bits per heavy atom. The largest absolute Gasteiger partial charge is 0.342 e. The number of nitrogens with zero attached hydrogens (tertiary/aromatic N) is 1. The first kappa shape index (κ1) is 13.0. The fourth-order valence-electron chi connectivity index (χ4n) is 1.72. The van der Waals surface area contributed by atoms with Crippen LogP contribution in [0.15, 0.2) is 0 Å². The van der Waals surface area contributed by atoms with Gasteiger partial charge in [0.25, 0.3) is 0 Å². The van der Waals surface area contributed by atoms with Crippen LogP contribution in [0.1, 0.15) is 19.8 Å². The van der Waals surface area contributed by atoms with Gasteiger partial charge in [0.1, 0.15) is 11.5 Å². The highest BCUT2D eigenvalue weighted by Gasteiger charge is 2.24. The molecule has 1 amide bonds. The Morgan fingerprint density at radius 2 is 2.00 bits per heavy atom. The lowest BCUT2D eigenvalue weighted by molar-refractivity contribution is -0.129. The van der Waals surface area contributed by atoms with Gasteiger partial charge < -0.3 is 4.90 Å². The normalized spacial score (nSPS) is 18.1. The van der Waals surface area contributed by atoms with Gasteiger partial charge in [0, 0.05) is 13.1 Å². The summed E-state index contributed by atoms with van der Waals surface area (Å²) in [6.07, 6.45) is 6.82. The molecule has 0 bridgehead atoms. The summed E-state index contributed by atoms with van der Waals surface area (Å²) >= 11 is 0. The van der Waals surface area contributed by atoms with Gasteiger partial charge in [-0.15, -0.1) is 6.42 Å². The van der Waals surface area contributed by atoms with E-state index in [1.54, 1.807) is 4.90 Å². The van der Waals surface area contributed by atoms with E-state index in [2.05, 4.69) is 12.8 Å². The van der Waals surface area contributed by atoms with Crippen molar-refractivity contribution in [3.8, 4) is 12.3 Å². The van der Waals surface area contributed by atoms with E-state index >= 15 is 0 Å². The molecule has 0 spiro atoms. The van der Waals surface area contributed by atoms with Crippen molar-refractivity contribution in [3.63, 3.8) is 0 Å². The lowest BCUT2D eigenvalue weighted by atomic mass is 9.99. The zero-order valence-electron chi connectivity index (χ0n) is 9.48. The Balaban J connectivity index is 2.51. The monoisotopic (exact) mass is 243 g/mol. The summed E-state index contributed by atoms with van der Waals surface area (Å²) < 4.78 is 22.7. The summed E-state index contributed by atoms with van der Waals surface area (Å²) in [7, 11) is -3.42. The van der Waals surface area contributed by atoms with Crippen LogP contribution in [0.25, 0.3) is 0 Å². The molecule has 0 unspecified atom stereocenters. The molecule has 0 atom stereocenters. The minimum Gasteiger partial charge on any atom is -0.342 e. The second kappa shape index (κ2) is 5.35. The molecule has 0 saturated carbocycles. The molecule has 0 aliphatic carbocycles. The fourth-order valence-corrected chi connectivity index (χ4v) is 2.63. The number of carbonyl (C=O) groups is 1. The van der Waals surface area contributed by atoms with Gasteiger partial charge in [-0.1, -0.05) is 12.8 Å². The molecule has 1 aliphatic rings. The Bertz CT molecular complexity index is 386. The second-order valence-electron chi connectivity index (χ2n) is 4.30. The van der Waals surface area contributed by atoms with Crippen molar-refractivity contribution < 1.29 is 13.2 Å². The summed E-state index contributed by atoms with van der Waals surface area (Å²) in [5.41, 5.74) is 0. The smallest absolute Gasteiger partial charge is 0.237 e. The second-order valence-corrected chi connectivity index (χ2v) is 6.36. The molecule has 0 N–H and O–H groups in total. The van der Waals surface area contributed by atoms with Crippen LogP contribution in [0.4, 0.5) is 0 Å². The molecule has 1 saturated heterocycles. The number of terminal acetylenes is 1.